The van der Waals surface area contributed by atoms with Crippen molar-refractivity contribution >= 4 is 11.7 Å². The number of ketones is 1. The minimum absolute atomic E-state index is 0.0314. The molecular formula is C16H24N2O2. The maximum absolute atomic E-state index is 12.4. The first kappa shape index (κ1) is 14.8. The van der Waals surface area contributed by atoms with Crippen LogP contribution in [0.1, 0.15) is 71.6 Å². The normalized spacial score (nSPS) is 22.6. The number of aromatic nitrogens is 1. The van der Waals surface area contributed by atoms with Gasteiger partial charge in [0.15, 0.2) is 5.78 Å². The van der Waals surface area contributed by atoms with Crippen molar-refractivity contribution in [3.05, 3.63) is 22.5 Å². The molecule has 1 aliphatic carbocycles. The van der Waals surface area contributed by atoms with Gasteiger partial charge in [0.05, 0.1) is 11.3 Å². The van der Waals surface area contributed by atoms with E-state index < -0.39 is 0 Å². The molecule has 1 aliphatic rings. The first-order chi connectivity index (χ1) is 9.40. The standard InChI is InChI=1S/C16H24N2O2/c1-9-5-7-13(8-6-9)18-16(20)14-10(2)15(12(4)19)17-11(14)3/h9,13,17H,5-8H2,1-4H3,(H,18,20). The van der Waals surface area contributed by atoms with Gasteiger partial charge in [0.25, 0.3) is 5.91 Å². The molecule has 0 saturated heterocycles. The molecule has 2 N–H and O–H groups in total. The fourth-order valence-electron chi connectivity index (χ4n) is 3.10. The summed E-state index contributed by atoms with van der Waals surface area (Å²) < 4.78 is 0. The Morgan fingerprint density at radius 2 is 1.75 bits per heavy atom. The van der Waals surface area contributed by atoms with Gasteiger partial charge in [-0.25, -0.2) is 0 Å². The molecule has 1 aromatic rings. The predicted octanol–water partition coefficient (Wildman–Crippen LogP) is 3.14. The van der Waals surface area contributed by atoms with Crippen LogP contribution in [-0.4, -0.2) is 22.7 Å². The second kappa shape index (κ2) is 5.81. The Morgan fingerprint density at radius 1 is 1.15 bits per heavy atom. The van der Waals surface area contributed by atoms with Crippen LogP contribution in [0.2, 0.25) is 0 Å². The molecule has 4 nitrogen and oxygen atoms in total. The van der Waals surface area contributed by atoms with Crippen LogP contribution >= 0.6 is 0 Å². The van der Waals surface area contributed by atoms with Gasteiger partial charge in [0.2, 0.25) is 0 Å². The van der Waals surface area contributed by atoms with E-state index in [0.29, 0.717) is 11.3 Å². The summed E-state index contributed by atoms with van der Waals surface area (Å²) in [5.41, 5.74) is 2.71. The zero-order chi connectivity index (χ0) is 14.9. The van der Waals surface area contributed by atoms with Crippen LogP contribution in [0.5, 0.6) is 0 Å². The summed E-state index contributed by atoms with van der Waals surface area (Å²) in [4.78, 5) is 27.0. The van der Waals surface area contributed by atoms with Crippen molar-refractivity contribution in [1.29, 1.82) is 0 Å². The summed E-state index contributed by atoms with van der Waals surface area (Å²) >= 11 is 0. The van der Waals surface area contributed by atoms with Crippen molar-refractivity contribution in [2.45, 2.75) is 59.4 Å². The Kier molecular flexibility index (Phi) is 4.31. The molecule has 1 heterocycles. The number of aromatic amines is 1. The van der Waals surface area contributed by atoms with Crippen LogP contribution in [0.3, 0.4) is 0 Å². The van der Waals surface area contributed by atoms with Crippen molar-refractivity contribution in [2.24, 2.45) is 5.92 Å². The van der Waals surface area contributed by atoms with Crippen LogP contribution in [0.4, 0.5) is 0 Å². The lowest BCUT2D eigenvalue weighted by Crippen LogP contribution is -2.37. The van der Waals surface area contributed by atoms with E-state index in [-0.39, 0.29) is 17.7 Å². The van der Waals surface area contributed by atoms with Crippen molar-refractivity contribution in [3.63, 3.8) is 0 Å². The number of Topliss-reactive ketones (excluding diaryl/α,β-unsaturated/α-hetero) is 1. The Balaban J connectivity index is 2.11. The zero-order valence-corrected chi connectivity index (χ0v) is 12.8. The monoisotopic (exact) mass is 276 g/mol. The number of aryl methyl sites for hydroxylation is 1. The fraction of sp³-hybridized carbons (Fsp3) is 0.625. The number of rotatable bonds is 3. The molecule has 0 aliphatic heterocycles. The molecule has 2 rings (SSSR count). The summed E-state index contributed by atoms with van der Waals surface area (Å²) in [6.45, 7) is 7.45. The van der Waals surface area contributed by atoms with E-state index in [4.69, 9.17) is 0 Å². The first-order valence-corrected chi connectivity index (χ1v) is 7.41. The van der Waals surface area contributed by atoms with E-state index in [1.807, 2.05) is 13.8 Å². The highest BCUT2D eigenvalue weighted by Gasteiger charge is 2.24. The maximum Gasteiger partial charge on any atom is 0.253 e. The summed E-state index contributed by atoms with van der Waals surface area (Å²) in [5, 5.41) is 3.12. The molecular weight excluding hydrogens is 252 g/mol. The fourth-order valence-corrected chi connectivity index (χ4v) is 3.10. The molecule has 0 bridgehead atoms. The molecule has 0 spiro atoms. The van der Waals surface area contributed by atoms with Crippen LogP contribution < -0.4 is 5.32 Å². The number of carbonyl (C=O) groups is 2. The number of amides is 1. The predicted molar refractivity (Wildman–Crippen MR) is 79.2 cm³/mol. The van der Waals surface area contributed by atoms with E-state index >= 15 is 0 Å². The number of carbonyl (C=O) groups excluding carboxylic acids is 2. The number of hydrogen-bond donors (Lipinski definition) is 2. The van der Waals surface area contributed by atoms with Gasteiger partial charge < -0.3 is 10.3 Å². The molecule has 1 aromatic heterocycles. The van der Waals surface area contributed by atoms with E-state index in [2.05, 4.69) is 17.2 Å². The molecule has 1 fully saturated rings. The molecule has 4 heteroatoms. The molecule has 1 saturated carbocycles. The number of H-pyrrole nitrogens is 1. The molecule has 1 amide bonds. The SMILES string of the molecule is CC(=O)c1[nH]c(C)c(C(=O)NC2CCC(C)CC2)c1C. The van der Waals surface area contributed by atoms with E-state index in [9.17, 15) is 9.59 Å². The summed E-state index contributed by atoms with van der Waals surface area (Å²) in [6.07, 6.45) is 4.45. The van der Waals surface area contributed by atoms with Gasteiger partial charge in [0, 0.05) is 18.7 Å². The lowest BCUT2D eigenvalue weighted by molar-refractivity contribution is 0.0922. The van der Waals surface area contributed by atoms with Crippen LogP contribution in [0.25, 0.3) is 0 Å². The lowest BCUT2D eigenvalue weighted by atomic mass is 9.87. The highest BCUT2D eigenvalue weighted by Crippen LogP contribution is 2.24. The lowest BCUT2D eigenvalue weighted by Gasteiger charge is -2.27. The van der Waals surface area contributed by atoms with Gasteiger partial charge in [-0.05, 0) is 51.0 Å². The van der Waals surface area contributed by atoms with Crippen molar-refractivity contribution in [1.82, 2.24) is 10.3 Å². The Labute approximate surface area is 120 Å². The molecule has 0 radical (unpaired) electrons. The smallest absolute Gasteiger partial charge is 0.253 e. The number of nitrogens with one attached hydrogen (secondary N) is 2. The summed E-state index contributed by atoms with van der Waals surface area (Å²) in [7, 11) is 0. The van der Waals surface area contributed by atoms with Gasteiger partial charge in [-0.3, -0.25) is 9.59 Å². The number of hydrogen-bond acceptors (Lipinski definition) is 2. The average Bonchev–Trinajstić information content (AvgIpc) is 2.68. The third-order valence-corrected chi connectivity index (χ3v) is 4.37. The minimum Gasteiger partial charge on any atom is -0.355 e. The van der Waals surface area contributed by atoms with Crippen LogP contribution in [-0.2, 0) is 0 Å². The van der Waals surface area contributed by atoms with E-state index in [1.54, 1.807) is 0 Å². The van der Waals surface area contributed by atoms with E-state index in [1.165, 1.54) is 19.8 Å². The second-order valence-electron chi connectivity index (χ2n) is 6.11. The molecule has 0 unspecified atom stereocenters. The van der Waals surface area contributed by atoms with Crippen molar-refractivity contribution < 1.29 is 9.59 Å². The van der Waals surface area contributed by atoms with Crippen molar-refractivity contribution in [2.75, 3.05) is 0 Å². The quantitative estimate of drug-likeness (QED) is 0.833. The first-order valence-electron chi connectivity index (χ1n) is 7.41. The summed E-state index contributed by atoms with van der Waals surface area (Å²) in [5.74, 6) is 0.683. The molecule has 0 atom stereocenters. The molecule has 20 heavy (non-hydrogen) atoms. The van der Waals surface area contributed by atoms with Crippen LogP contribution in [0, 0.1) is 19.8 Å². The highest BCUT2D eigenvalue weighted by atomic mass is 16.2. The molecule has 0 aromatic carbocycles. The van der Waals surface area contributed by atoms with Gasteiger partial charge >= 0.3 is 0 Å². The average molecular weight is 276 g/mol. The second-order valence-corrected chi connectivity index (χ2v) is 6.11. The van der Waals surface area contributed by atoms with Crippen molar-refractivity contribution in [3.8, 4) is 0 Å². The summed E-state index contributed by atoms with van der Waals surface area (Å²) in [6, 6.07) is 0.271. The van der Waals surface area contributed by atoms with Gasteiger partial charge in [-0.1, -0.05) is 6.92 Å². The van der Waals surface area contributed by atoms with Gasteiger partial charge in [0.1, 0.15) is 0 Å². The minimum atomic E-state index is -0.0525. The van der Waals surface area contributed by atoms with Crippen LogP contribution in [0.15, 0.2) is 0 Å². The third-order valence-electron chi connectivity index (χ3n) is 4.37. The topological polar surface area (TPSA) is 62.0 Å². The van der Waals surface area contributed by atoms with E-state index in [0.717, 1.165) is 30.0 Å². The zero-order valence-electron chi connectivity index (χ0n) is 12.8. The maximum atomic E-state index is 12.4. The Hall–Kier alpha value is -1.58. The Bertz CT molecular complexity index is 523. The highest BCUT2D eigenvalue weighted by molar-refractivity contribution is 6.02. The largest absolute Gasteiger partial charge is 0.355 e. The van der Waals surface area contributed by atoms with Gasteiger partial charge in [-0.2, -0.15) is 0 Å². The Morgan fingerprint density at radius 3 is 2.25 bits per heavy atom. The van der Waals surface area contributed by atoms with Gasteiger partial charge in [-0.15, -0.1) is 0 Å². The third kappa shape index (κ3) is 2.94. The molecule has 110 valence electrons.